The smallest absolute Gasteiger partial charge is 0.240 e. The molecular weight excluding hydrogens is 304 g/mol. The van der Waals surface area contributed by atoms with Crippen molar-refractivity contribution in [1.29, 1.82) is 0 Å². The van der Waals surface area contributed by atoms with Crippen LogP contribution in [0.1, 0.15) is 33.1 Å². The van der Waals surface area contributed by atoms with E-state index in [1.807, 2.05) is 0 Å². The molecule has 1 aliphatic heterocycles. The van der Waals surface area contributed by atoms with Gasteiger partial charge in [-0.3, -0.25) is 15.3 Å². The van der Waals surface area contributed by atoms with Crippen LogP contribution in [-0.4, -0.2) is 60.4 Å². The molecule has 0 radical (unpaired) electrons. The molecule has 2 aliphatic rings. The molecule has 6 unspecified atom stereocenters. The number of rotatable bonds is 7. The molecule has 10 nitrogen and oxygen atoms in total. The van der Waals surface area contributed by atoms with E-state index in [0.29, 0.717) is 19.4 Å². The van der Waals surface area contributed by atoms with Gasteiger partial charge in [-0.1, -0.05) is 19.3 Å². The van der Waals surface area contributed by atoms with Crippen LogP contribution in [0.3, 0.4) is 0 Å². The van der Waals surface area contributed by atoms with Crippen molar-refractivity contribution in [2.45, 2.75) is 57.5 Å². The van der Waals surface area contributed by atoms with Crippen molar-refractivity contribution in [2.24, 2.45) is 0 Å². The van der Waals surface area contributed by atoms with Crippen molar-refractivity contribution in [3.05, 3.63) is 20.5 Å². The maximum atomic E-state index is 12.5. The third-order valence-electron chi connectivity index (χ3n) is 5.07. The first kappa shape index (κ1) is 18.5. The Morgan fingerprint density at radius 1 is 1.26 bits per heavy atom. The van der Waals surface area contributed by atoms with Crippen LogP contribution in [-0.2, 0) is 0 Å². The lowest BCUT2D eigenvalue weighted by Crippen LogP contribution is -3.37. The van der Waals surface area contributed by atoms with Gasteiger partial charge in [-0.2, -0.15) is 0 Å². The van der Waals surface area contributed by atoms with Crippen LogP contribution in [0.5, 0.6) is 0 Å². The maximum absolute atomic E-state index is 12.5. The third-order valence-corrected chi connectivity index (χ3v) is 5.07. The monoisotopic (exact) mass is 332 g/mol. The number of fused-ring (bicyclic) bond motifs is 1. The Morgan fingerprint density at radius 2 is 1.96 bits per heavy atom. The summed E-state index contributed by atoms with van der Waals surface area (Å²) in [7, 11) is 0. The van der Waals surface area contributed by atoms with Gasteiger partial charge in [0.05, 0.1) is 6.42 Å². The number of nitrogens with one attached hydrogen (secondary N) is 4. The summed E-state index contributed by atoms with van der Waals surface area (Å²) < 4.78 is 0. The lowest BCUT2D eigenvalue weighted by atomic mass is 9.86. The number of nitro groups is 1. The predicted molar refractivity (Wildman–Crippen MR) is 83.6 cm³/mol. The molecule has 1 aliphatic carbocycles. The van der Waals surface area contributed by atoms with Crippen molar-refractivity contribution in [1.82, 2.24) is 15.6 Å². The zero-order valence-corrected chi connectivity index (χ0v) is 13.8. The lowest BCUT2D eigenvalue weighted by Gasteiger charge is -2.51. The number of hydroxylamine groups is 3. The molecule has 2 rings (SSSR count). The molecule has 134 valence electrons. The lowest BCUT2D eigenvalue weighted by molar-refractivity contribution is -1.06. The van der Waals surface area contributed by atoms with Crippen LogP contribution in [0.15, 0.2) is 0 Å². The molecule has 0 bridgehead atoms. The van der Waals surface area contributed by atoms with E-state index in [0.717, 1.165) is 19.6 Å². The van der Waals surface area contributed by atoms with E-state index in [1.165, 1.54) is 0 Å². The van der Waals surface area contributed by atoms with Crippen LogP contribution >= 0.6 is 0 Å². The average Bonchev–Trinajstić information content (AvgIpc) is 2.55. The standard InChI is InChI=1S/C13H28N6O4/c1-3-16(4-2)8-7-14-13-15-18(21)12-9-10(19(22)23)5-6-11(12)17(13)20/h10-15,17-18H,3-9H2,1-2H3. The van der Waals surface area contributed by atoms with E-state index in [2.05, 4.69) is 29.5 Å². The fraction of sp³-hybridized carbons (Fsp3) is 1.00. The van der Waals surface area contributed by atoms with E-state index in [4.69, 9.17) is 0 Å². The SMILES string of the molecule is CCN(CC)CCNC1N[NH+]([O-])C2CC([N+](=O)[O-])CCC2[NH+]1[O-]. The number of nitrogens with zero attached hydrogens (tertiary/aromatic N) is 2. The topological polar surface area (TPSA) is 125 Å². The Kier molecular flexibility index (Phi) is 6.65. The van der Waals surface area contributed by atoms with Gasteiger partial charge in [0.15, 0.2) is 6.04 Å². The van der Waals surface area contributed by atoms with Gasteiger partial charge in [0, 0.05) is 30.9 Å². The second kappa shape index (κ2) is 8.29. The minimum Gasteiger partial charge on any atom is -0.632 e. The molecule has 0 aromatic carbocycles. The van der Waals surface area contributed by atoms with Crippen LogP contribution in [0.4, 0.5) is 0 Å². The Labute approximate surface area is 136 Å². The summed E-state index contributed by atoms with van der Waals surface area (Å²) in [6.45, 7) is 7.47. The first-order valence-corrected chi connectivity index (χ1v) is 8.41. The van der Waals surface area contributed by atoms with Crippen LogP contribution in [0, 0.1) is 20.5 Å². The number of likely N-dealkylation sites (N-methyl/N-ethyl adjacent to an activating group) is 1. The quantitative estimate of drug-likeness (QED) is 0.223. The molecule has 0 amide bonds. The van der Waals surface area contributed by atoms with Crippen molar-refractivity contribution in [3.63, 3.8) is 0 Å². The second-order valence-electron chi connectivity index (χ2n) is 6.29. The number of hydrogen-bond donors (Lipinski definition) is 4. The molecule has 0 spiro atoms. The summed E-state index contributed by atoms with van der Waals surface area (Å²) in [5, 5.41) is 38.5. The van der Waals surface area contributed by atoms with Gasteiger partial charge >= 0.3 is 0 Å². The van der Waals surface area contributed by atoms with Gasteiger partial charge in [0.1, 0.15) is 6.04 Å². The van der Waals surface area contributed by atoms with E-state index in [1.54, 1.807) is 0 Å². The summed E-state index contributed by atoms with van der Waals surface area (Å²) in [6.07, 6.45) is 0.309. The van der Waals surface area contributed by atoms with E-state index in [9.17, 15) is 20.5 Å². The molecular formula is C13H28N6O4. The highest BCUT2D eigenvalue weighted by molar-refractivity contribution is 4.82. The first-order valence-electron chi connectivity index (χ1n) is 8.41. The largest absolute Gasteiger partial charge is 0.632 e. The summed E-state index contributed by atoms with van der Waals surface area (Å²) in [5.74, 6) is 0. The van der Waals surface area contributed by atoms with Crippen LogP contribution in [0.2, 0.25) is 0 Å². The maximum Gasteiger partial charge on any atom is 0.240 e. The van der Waals surface area contributed by atoms with E-state index in [-0.39, 0.29) is 27.6 Å². The van der Waals surface area contributed by atoms with E-state index < -0.39 is 18.4 Å². The van der Waals surface area contributed by atoms with Gasteiger partial charge in [0.2, 0.25) is 12.3 Å². The third kappa shape index (κ3) is 4.35. The normalized spacial score (nSPS) is 37.6. The molecule has 2 fully saturated rings. The summed E-state index contributed by atoms with van der Waals surface area (Å²) in [4.78, 5) is 12.8. The molecule has 1 heterocycles. The highest BCUT2D eigenvalue weighted by Gasteiger charge is 2.48. The van der Waals surface area contributed by atoms with Crippen molar-refractivity contribution in [2.75, 3.05) is 26.2 Å². The van der Waals surface area contributed by atoms with Crippen LogP contribution in [0.25, 0.3) is 0 Å². The fourth-order valence-corrected chi connectivity index (χ4v) is 3.56. The molecule has 4 N–H and O–H groups in total. The minimum absolute atomic E-state index is 0.0315. The Balaban J connectivity index is 1.88. The predicted octanol–water partition coefficient (Wildman–Crippen LogP) is -2.95. The van der Waals surface area contributed by atoms with Gasteiger partial charge in [-0.15, -0.1) is 0 Å². The number of hydrogen-bond acceptors (Lipinski definition) is 7. The second-order valence-corrected chi connectivity index (χ2v) is 6.29. The van der Waals surface area contributed by atoms with Gasteiger partial charge in [-0.25, -0.2) is 5.32 Å². The average molecular weight is 332 g/mol. The van der Waals surface area contributed by atoms with Gasteiger partial charge < -0.3 is 20.4 Å². The summed E-state index contributed by atoms with van der Waals surface area (Å²) in [6, 6.07) is -1.64. The van der Waals surface area contributed by atoms with Gasteiger partial charge in [0.25, 0.3) is 0 Å². The number of quaternary nitrogens is 2. The minimum atomic E-state index is -0.707. The highest BCUT2D eigenvalue weighted by atomic mass is 16.6. The molecule has 6 atom stereocenters. The molecule has 1 saturated carbocycles. The Bertz CT molecular complexity index is 397. The van der Waals surface area contributed by atoms with Crippen LogP contribution < -0.4 is 21.0 Å². The molecule has 0 aromatic heterocycles. The molecule has 10 heteroatoms. The Morgan fingerprint density at radius 3 is 2.57 bits per heavy atom. The fourth-order valence-electron chi connectivity index (χ4n) is 3.56. The Hall–Kier alpha value is -0.880. The molecule has 1 saturated heterocycles. The first-order chi connectivity index (χ1) is 11.0. The highest BCUT2D eigenvalue weighted by Crippen LogP contribution is 2.19. The van der Waals surface area contributed by atoms with Gasteiger partial charge in [-0.05, 0) is 13.1 Å². The zero-order chi connectivity index (χ0) is 17.0. The zero-order valence-electron chi connectivity index (χ0n) is 13.8. The van der Waals surface area contributed by atoms with E-state index >= 15 is 0 Å². The summed E-state index contributed by atoms with van der Waals surface area (Å²) >= 11 is 0. The summed E-state index contributed by atoms with van der Waals surface area (Å²) in [5.41, 5.74) is 2.69. The van der Waals surface area contributed by atoms with Crippen molar-refractivity contribution >= 4 is 0 Å². The van der Waals surface area contributed by atoms with Crippen molar-refractivity contribution in [3.8, 4) is 0 Å². The molecule has 23 heavy (non-hydrogen) atoms. The molecule has 0 aromatic rings. The van der Waals surface area contributed by atoms with Crippen molar-refractivity contribution < 1.29 is 15.2 Å².